The molecule has 0 unspecified atom stereocenters. The van der Waals surface area contributed by atoms with Crippen LogP contribution in [0.1, 0.15) is 0 Å². The molecule has 0 atom stereocenters. The highest BCUT2D eigenvalue weighted by Gasteiger charge is 2.19. The van der Waals surface area contributed by atoms with Crippen LogP contribution in [0.3, 0.4) is 0 Å². The fraction of sp³-hybridized carbons (Fsp3) is 0. The van der Waals surface area contributed by atoms with Gasteiger partial charge in [-0.15, -0.1) is 0 Å². The Morgan fingerprint density at radius 1 is 1.15 bits per heavy atom. The number of rotatable bonds is 3. The molecule has 0 spiro atoms. The molecule has 0 saturated heterocycles. The first-order valence-electron chi connectivity index (χ1n) is 5.33. The number of nitrogen functional groups attached to an aromatic ring is 1. The highest BCUT2D eigenvalue weighted by Crippen LogP contribution is 2.30. The fourth-order valence-electron chi connectivity index (χ4n) is 1.51. The van der Waals surface area contributed by atoms with Crippen LogP contribution in [0.15, 0.2) is 41.3 Å². The summed E-state index contributed by atoms with van der Waals surface area (Å²) in [6.45, 7) is 0. The zero-order valence-corrected chi connectivity index (χ0v) is 12.2. The Labute approximate surface area is 125 Å². The summed E-state index contributed by atoms with van der Waals surface area (Å²) < 4.78 is 39.6. The second-order valence-electron chi connectivity index (χ2n) is 3.89. The Kier molecular flexibility index (Phi) is 4.08. The molecule has 2 aromatic carbocycles. The number of anilines is 2. The summed E-state index contributed by atoms with van der Waals surface area (Å²) in [6.07, 6.45) is 0. The number of nitrogens with two attached hydrogens (primary N) is 1. The van der Waals surface area contributed by atoms with Gasteiger partial charge in [0.15, 0.2) is 0 Å². The number of nitrogens with one attached hydrogen (secondary N) is 1. The van der Waals surface area contributed by atoms with Crippen molar-refractivity contribution >= 4 is 44.6 Å². The first-order valence-corrected chi connectivity index (χ1v) is 7.57. The molecular weight excluding hydrogens is 326 g/mol. The van der Waals surface area contributed by atoms with Crippen molar-refractivity contribution in [1.29, 1.82) is 0 Å². The van der Waals surface area contributed by atoms with E-state index in [1.54, 1.807) is 0 Å². The third kappa shape index (κ3) is 2.98. The quantitative estimate of drug-likeness (QED) is 0.843. The zero-order valence-electron chi connectivity index (χ0n) is 9.90. The van der Waals surface area contributed by atoms with E-state index in [9.17, 15) is 12.8 Å². The van der Waals surface area contributed by atoms with E-state index in [0.29, 0.717) is 0 Å². The van der Waals surface area contributed by atoms with Gasteiger partial charge in [-0.2, -0.15) is 0 Å². The van der Waals surface area contributed by atoms with Crippen LogP contribution in [0.5, 0.6) is 0 Å². The first-order chi connectivity index (χ1) is 9.31. The monoisotopic (exact) mass is 334 g/mol. The predicted octanol–water partition coefficient (Wildman–Crippen LogP) is 3.52. The standard InChI is InChI=1S/C12H9Cl2FN2O2S/c13-8-2-1-3-11(12(8)14)20(18,19)17-7-4-5-9(15)10(16)6-7/h1-6,17H,16H2. The van der Waals surface area contributed by atoms with Gasteiger partial charge in [0.2, 0.25) is 0 Å². The van der Waals surface area contributed by atoms with E-state index in [1.807, 2.05) is 0 Å². The lowest BCUT2D eigenvalue weighted by Crippen LogP contribution is -2.13. The Morgan fingerprint density at radius 2 is 1.85 bits per heavy atom. The molecule has 2 aromatic rings. The summed E-state index contributed by atoms with van der Waals surface area (Å²) in [7, 11) is -3.94. The second-order valence-corrected chi connectivity index (χ2v) is 6.33. The van der Waals surface area contributed by atoms with E-state index in [4.69, 9.17) is 28.9 Å². The molecule has 0 aliphatic rings. The second kappa shape index (κ2) is 5.47. The van der Waals surface area contributed by atoms with Crippen molar-refractivity contribution in [1.82, 2.24) is 0 Å². The van der Waals surface area contributed by atoms with Crippen molar-refractivity contribution in [2.75, 3.05) is 10.5 Å². The van der Waals surface area contributed by atoms with Crippen LogP contribution in [0.2, 0.25) is 10.0 Å². The van der Waals surface area contributed by atoms with E-state index >= 15 is 0 Å². The van der Waals surface area contributed by atoms with Gasteiger partial charge in [0.25, 0.3) is 10.0 Å². The number of hydrogen-bond acceptors (Lipinski definition) is 3. The number of halogens is 3. The van der Waals surface area contributed by atoms with Gasteiger partial charge in [-0.05, 0) is 30.3 Å². The molecule has 0 radical (unpaired) electrons. The Morgan fingerprint density at radius 3 is 2.50 bits per heavy atom. The van der Waals surface area contributed by atoms with E-state index in [0.717, 1.165) is 6.07 Å². The Bertz CT molecular complexity index is 766. The molecule has 0 aromatic heterocycles. The average Bonchev–Trinajstić information content (AvgIpc) is 2.36. The maximum atomic E-state index is 13.0. The Hall–Kier alpha value is -1.50. The first kappa shape index (κ1) is 14.9. The van der Waals surface area contributed by atoms with Crippen LogP contribution in [-0.4, -0.2) is 8.42 Å². The normalized spacial score (nSPS) is 11.3. The minimum absolute atomic E-state index is 0.0863. The lowest BCUT2D eigenvalue weighted by atomic mass is 10.3. The van der Waals surface area contributed by atoms with Gasteiger partial charge < -0.3 is 5.73 Å². The molecule has 0 aliphatic carbocycles. The lowest BCUT2D eigenvalue weighted by molar-refractivity contribution is 0.601. The number of hydrogen-bond donors (Lipinski definition) is 2. The SMILES string of the molecule is Nc1cc(NS(=O)(=O)c2cccc(Cl)c2Cl)ccc1F. The molecule has 2 rings (SSSR count). The number of sulfonamides is 1. The van der Waals surface area contributed by atoms with E-state index in [1.165, 1.54) is 30.3 Å². The molecule has 4 nitrogen and oxygen atoms in total. The van der Waals surface area contributed by atoms with Crippen molar-refractivity contribution in [3.05, 3.63) is 52.3 Å². The van der Waals surface area contributed by atoms with Crippen molar-refractivity contribution in [2.24, 2.45) is 0 Å². The third-order valence-electron chi connectivity index (χ3n) is 2.45. The minimum atomic E-state index is -3.94. The van der Waals surface area contributed by atoms with Crippen LogP contribution in [0, 0.1) is 5.82 Å². The largest absolute Gasteiger partial charge is 0.396 e. The smallest absolute Gasteiger partial charge is 0.263 e. The maximum absolute atomic E-state index is 13.0. The fourth-order valence-corrected chi connectivity index (χ4v) is 3.32. The average molecular weight is 335 g/mol. The van der Waals surface area contributed by atoms with Crippen molar-refractivity contribution < 1.29 is 12.8 Å². The van der Waals surface area contributed by atoms with Gasteiger partial charge in [-0.3, -0.25) is 4.72 Å². The van der Waals surface area contributed by atoms with Gasteiger partial charge in [0, 0.05) is 0 Å². The van der Waals surface area contributed by atoms with E-state index < -0.39 is 15.8 Å². The van der Waals surface area contributed by atoms with Gasteiger partial charge in [0.05, 0.1) is 21.4 Å². The molecular formula is C12H9Cl2FN2O2S. The predicted molar refractivity (Wildman–Crippen MR) is 78.1 cm³/mol. The van der Waals surface area contributed by atoms with E-state index in [-0.39, 0.29) is 26.3 Å². The molecule has 0 aliphatic heterocycles. The molecule has 0 fully saturated rings. The van der Waals surface area contributed by atoms with Gasteiger partial charge in [-0.25, -0.2) is 12.8 Å². The Balaban J connectivity index is 2.41. The highest BCUT2D eigenvalue weighted by molar-refractivity contribution is 7.92. The van der Waals surface area contributed by atoms with Crippen LogP contribution >= 0.6 is 23.2 Å². The number of benzene rings is 2. The van der Waals surface area contributed by atoms with Crippen molar-refractivity contribution in [3.8, 4) is 0 Å². The summed E-state index contributed by atoms with van der Waals surface area (Å²) in [5.74, 6) is -0.631. The van der Waals surface area contributed by atoms with E-state index in [2.05, 4.69) is 4.72 Å². The van der Waals surface area contributed by atoms with Gasteiger partial charge >= 0.3 is 0 Å². The zero-order chi connectivity index (χ0) is 14.9. The molecule has 3 N–H and O–H groups in total. The van der Waals surface area contributed by atoms with Crippen molar-refractivity contribution in [2.45, 2.75) is 4.90 Å². The molecule has 20 heavy (non-hydrogen) atoms. The molecule has 0 bridgehead atoms. The van der Waals surface area contributed by atoms with Crippen molar-refractivity contribution in [3.63, 3.8) is 0 Å². The summed E-state index contributed by atoms with van der Waals surface area (Å²) in [6, 6.07) is 7.73. The molecule has 8 heteroatoms. The maximum Gasteiger partial charge on any atom is 0.263 e. The third-order valence-corrected chi connectivity index (χ3v) is 4.81. The van der Waals surface area contributed by atoms with Crippen LogP contribution < -0.4 is 10.5 Å². The molecule has 0 saturated carbocycles. The van der Waals surface area contributed by atoms with Crippen LogP contribution in [0.25, 0.3) is 0 Å². The lowest BCUT2D eigenvalue weighted by Gasteiger charge is -2.10. The van der Waals surface area contributed by atoms with Crippen LogP contribution in [0.4, 0.5) is 15.8 Å². The summed E-state index contributed by atoms with van der Waals surface area (Å²) in [5.41, 5.74) is 5.34. The summed E-state index contributed by atoms with van der Waals surface area (Å²) in [5, 5.41) is 0.0323. The van der Waals surface area contributed by atoms with Crippen LogP contribution in [-0.2, 0) is 10.0 Å². The summed E-state index contributed by atoms with van der Waals surface area (Å²) >= 11 is 11.6. The highest BCUT2D eigenvalue weighted by atomic mass is 35.5. The minimum Gasteiger partial charge on any atom is -0.396 e. The topological polar surface area (TPSA) is 72.2 Å². The molecule has 0 heterocycles. The summed E-state index contributed by atoms with van der Waals surface area (Å²) in [4.78, 5) is -0.172. The molecule has 0 amide bonds. The van der Waals surface area contributed by atoms with Gasteiger partial charge in [-0.1, -0.05) is 29.3 Å². The molecule has 106 valence electrons. The van der Waals surface area contributed by atoms with Gasteiger partial charge in [0.1, 0.15) is 10.7 Å².